The first-order chi connectivity index (χ1) is 21.8. The minimum Gasteiger partial charge on any atom is -0.439 e. The van der Waals surface area contributed by atoms with E-state index in [-0.39, 0.29) is 0 Å². The van der Waals surface area contributed by atoms with Gasteiger partial charge in [0.1, 0.15) is 0 Å². The molecule has 0 saturated carbocycles. The van der Waals surface area contributed by atoms with E-state index in [0.717, 1.165) is 18.9 Å². The van der Waals surface area contributed by atoms with E-state index in [1.54, 1.807) is 0 Å². The highest BCUT2D eigenvalue weighted by Crippen LogP contribution is 2.24. The molecule has 0 atom stereocenters. The molecule has 0 N–H and O–H groups in total. The van der Waals surface area contributed by atoms with Crippen LogP contribution in [0.5, 0.6) is 0 Å². The smallest absolute Gasteiger partial charge is 0.278 e. The van der Waals surface area contributed by atoms with Crippen molar-refractivity contribution in [2.45, 2.75) is 63.8 Å². The van der Waals surface area contributed by atoms with E-state index < -0.39 is 16.6 Å². The van der Waals surface area contributed by atoms with Gasteiger partial charge in [-0.3, -0.25) is 0 Å². The Morgan fingerprint density at radius 2 is 0.659 bits per heavy atom. The largest absolute Gasteiger partial charge is 0.439 e. The third kappa shape index (κ3) is 7.58. The fourth-order valence-electron chi connectivity index (χ4n) is 6.61. The maximum Gasteiger partial charge on any atom is 0.278 e. The quantitative estimate of drug-likeness (QED) is 0.0593. The minimum absolute atomic E-state index is 1.06. The summed E-state index contributed by atoms with van der Waals surface area (Å²) in [5.41, 5.74) is 0. The number of rotatable bonds is 17. The van der Waals surface area contributed by atoms with Crippen molar-refractivity contribution < 1.29 is 4.12 Å². The van der Waals surface area contributed by atoms with Crippen LogP contribution in [0, 0.1) is 6.92 Å². The van der Waals surface area contributed by atoms with Crippen LogP contribution in [0.2, 0.25) is 6.04 Å². The highest BCUT2D eigenvalue weighted by Gasteiger charge is 2.51. The van der Waals surface area contributed by atoms with Crippen LogP contribution in [0.1, 0.15) is 57.8 Å². The molecule has 0 aromatic heterocycles. The maximum absolute atomic E-state index is 8.30. The zero-order valence-corrected chi connectivity index (χ0v) is 28.1. The zero-order chi connectivity index (χ0) is 30.3. The van der Waals surface area contributed by atoms with Crippen molar-refractivity contribution in [2.24, 2.45) is 0 Å². The number of unbranched alkanes of at least 4 members (excludes halogenated alkanes) is 8. The van der Waals surface area contributed by atoms with E-state index in [2.05, 4.69) is 159 Å². The maximum atomic E-state index is 8.30. The molecule has 0 aliphatic heterocycles. The molecule has 225 valence electrons. The Kier molecular flexibility index (Phi) is 12.0. The summed E-state index contributed by atoms with van der Waals surface area (Å²) in [6.45, 7) is 3.99. The lowest BCUT2D eigenvalue weighted by atomic mass is 10.1. The molecule has 0 unspecified atom stereocenters. The lowest BCUT2D eigenvalue weighted by Crippen LogP contribution is -2.77. The lowest BCUT2D eigenvalue weighted by molar-refractivity contribution is 0.555. The van der Waals surface area contributed by atoms with Crippen molar-refractivity contribution in [2.75, 3.05) is 0 Å². The normalized spacial score (nSPS) is 11.8. The van der Waals surface area contributed by atoms with Crippen LogP contribution in [0.3, 0.4) is 0 Å². The topological polar surface area (TPSA) is 9.23 Å². The van der Waals surface area contributed by atoms with E-state index >= 15 is 0 Å². The van der Waals surface area contributed by atoms with Gasteiger partial charge in [0.25, 0.3) is 8.32 Å². The van der Waals surface area contributed by atoms with E-state index in [9.17, 15) is 0 Å². The monoisotopic (exact) mass is 611 g/mol. The molecular formula is C41H47OSi2. The summed E-state index contributed by atoms with van der Waals surface area (Å²) in [6.07, 6.45) is 11.3. The van der Waals surface area contributed by atoms with E-state index in [0.29, 0.717) is 0 Å². The van der Waals surface area contributed by atoms with E-state index in [1.807, 2.05) is 0 Å². The molecule has 44 heavy (non-hydrogen) atoms. The summed E-state index contributed by atoms with van der Waals surface area (Å²) in [5, 5.41) is 6.60. The minimum atomic E-state index is -2.96. The molecule has 0 spiro atoms. The molecule has 0 heterocycles. The van der Waals surface area contributed by atoms with Crippen molar-refractivity contribution in [3.05, 3.63) is 159 Å². The molecule has 1 nitrogen and oxygen atoms in total. The molecule has 0 aliphatic carbocycles. The number of benzene rings is 5. The average Bonchev–Trinajstić information content (AvgIpc) is 3.11. The van der Waals surface area contributed by atoms with Gasteiger partial charge in [-0.25, -0.2) is 0 Å². The zero-order valence-electron chi connectivity index (χ0n) is 26.1. The van der Waals surface area contributed by atoms with Crippen molar-refractivity contribution >= 4 is 42.6 Å². The van der Waals surface area contributed by atoms with Gasteiger partial charge in [0, 0.05) is 0 Å². The third-order valence-corrected chi connectivity index (χ3v) is 18.5. The van der Waals surface area contributed by atoms with Crippen LogP contribution < -0.4 is 25.9 Å². The molecule has 0 amide bonds. The van der Waals surface area contributed by atoms with Crippen LogP contribution in [0.4, 0.5) is 0 Å². The first kappa shape index (κ1) is 31.9. The van der Waals surface area contributed by atoms with Crippen LogP contribution in [0.25, 0.3) is 0 Å². The summed E-state index contributed by atoms with van der Waals surface area (Å²) >= 11 is 0. The third-order valence-electron chi connectivity index (χ3n) is 8.88. The van der Waals surface area contributed by atoms with Crippen LogP contribution in [-0.4, -0.2) is 16.6 Å². The van der Waals surface area contributed by atoms with Gasteiger partial charge in [-0.2, -0.15) is 0 Å². The molecule has 5 aromatic rings. The number of hydrogen-bond donors (Lipinski definition) is 0. The van der Waals surface area contributed by atoms with Crippen LogP contribution in [-0.2, 0) is 4.12 Å². The summed E-state index contributed by atoms with van der Waals surface area (Å²) in [7, 11) is -5.73. The highest BCUT2D eigenvalue weighted by atomic mass is 28.4. The Labute approximate surface area is 268 Å². The molecule has 0 bridgehead atoms. The molecule has 3 heteroatoms. The van der Waals surface area contributed by atoms with Crippen molar-refractivity contribution in [3.8, 4) is 0 Å². The van der Waals surface area contributed by atoms with Gasteiger partial charge in [-0.1, -0.05) is 216 Å². The van der Waals surface area contributed by atoms with Gasteiger partial charge in [0.2, 0.25) is 8.32 Å². The summed E-state index contributed by atoms with van der Waals surface area (Å²) in [5.74, 6) is 0. The fourth-order valence-corrected chi connectivity index (χ4v) is 17.6. The second-order valence-electron chi connectivity index (χ2n) is 11.9. The van der Waals surface area contributed by atoms with Gasteiger partial charge in [0.15, 0.2) is 0 Å². The predicted octanol–water partition coefficient (Wildman–Crippen LogP) is 7.77. The Morgan fingerprint density at radius 3 is 1.00 bits per heavy atom. The average molecular weight is 612 g/mol. The summed E-state index contributed by atoms with van der Waals surface area (Å²) in [6, 6.07) is 56.7. The Morgan fingerprint density at radius 1 is 0.364 bits per heavy atom. The van der Waals surface area contributed by atoms with Crippen molar-refractivity contribution in [1.29, 1.82) is 0 Å². The molecule has 0 aliphatic rings. The second kappa shape index (κ2) is 16.5. The number of hydrogen-bond acceptors (Lipinski definition) is 1. The Bertz CT molecular complexity index is 1340. The van der Waals surface area contributed by atoms with Gasteiger partial charge in [-0.05, 0) is 32.0 Å². The van der Waals surface area contributed by atoms with E-state index in [4.69, 9.17) is 4.12 Å². The van der Waals surface area contributed by atoms with Gasteiger partial charge < -0.3 is 4.12 Å². The van der Waals surface area contributed by atoms with Gasteiger partial charge in [-0.15, -0.1) is 0 Å². The first-order valence-electron chi connectivity index (χ1n) is 16.6. The molecule has 1 radical (unpaired) electrons. The standard InChI is InChI=1S/C41H47OSi2/c1-2-3-4-5-6-7-8-9-25-36-43(37-26-15-10-16-27-37,38-28-17-11-18-29-38)42-44(39-30-19-12-20-31-39,40-32-21-13-22-33-40)41-34-23-14-24-35-41/h10-24,26-35H,1-9,25,36H2. The van der Waals surface area contributed by atoms with Crippen molar-refractivity contribution in [1.82, 2.24) is 0 Å². The van der Waals surface area contributed by atoms with Gasteiger partial charge >= 0.3 is 0 Å². The molecule has 5 aromatic carbocycles. The molecule has 0 fully saturated rings. The molecular weight excluding hydrogens is 565 g/mol. The molecule has 5 rings (SSSR count). The Balaban J connectivity index is 1.62. The van der Waals surface area contributed by atoms with Gasteiger partial charge in [0.05, 0.1) is 0 Å². The summed E-state index contributed by atoms with van der Waals surface area (Å²) in [4.78, 5) is 0. The second-order valence-corrected chi connectivity index (χ2v) is 19.1. The Hall–Kier alpha value is -3.51. The summed E-state index contributed by atoms with van der Waals surface area (Å²) < 4.78 is 8.30. The fraction of sp³-hybridized carbons (Fsp3) is 0.244. The lowest BCUT2D eigenvalue weighted by Gasteiger charge is -2.44. The van der Waals surface area contributed by atoms with Crippen molar-refractivity contribution in [3.63, 3.8) is 0 Å². The van der Waals surface area contributed by atoms with Crippen LogP contribution >= 0.6 is 0 Å². The highest BCUT2D eigenvalue weighted by molar-refractivity contribution is 7.14. The SMILES string of the molecule is [CH2]CCCCCCCCCC[Si](O[Si](c1ccccc1)(c1ccccc1)c1ccccc1)(c1ccccc1)c1ccccc1. The van der Waals surface area contributed by atoms with Crippen LogP contribution in [0.15, 0.2) is 152 Å². The van der Waals surface area contributed by atoms with E-state index in [1.165, 1.54) is 70.9 Å². The first-order valence-corrected chi connectivity index (χ1v) is 20.6. The predicted molar refractivity (Wildman–Crippen MR) is 195 cm³/mol. The molecule has 0 saturated heterocycles.